The molecular weight excluding hydrogens is 547 g/mol. The third kappa shape index (κ3) is 8.18. The number of aromatic nitrogens is 1. The van der Waals surface area contributed by atoms with Crippen LogP contribution in [-0.4, -0.2) is 72.9 Å². The van der Waals surface area contributed by atoms with Crippen molar-refractivity contribution in [3.63, 3.8) is 0 Å². The van der Waals surface area contributed by atoms with Gasteiger partial charge in [0.25, 0.3) is 0 Å². The summed E-state index contributed by atoms with van der Waals surface area (Å²) in [6, 6.07) is 9.43. The van der Waals surface area contributed by atoms with Crippen molar-refractivity contribution in [2.45, 2.75) is 38.1 Å². The maximum Gasteiger partial charge on any atom is 0.305 e. The number of nitrogens with zero attached hydrogens (tertiary/aromatic N) is 1. The first kappa shape index (κ1) is 28.9. The molecule has 0 aliphatic carbocycles. The molecular formula is C27H34Cl2N4O4S. The van der Waals surface area contributed by atoms with E-state index in [2.05, 4.69) is 20.5 Å². The predicted octanol–water partition coefficient (Wildman–Crippen LogP) is 3.96. The SMILES string of the molecule is O=C(CCN(CCNCCc1ccc(O)c2[nH]c(=O)sc12)C1CCOCC1)NCCc1ccc(Cl)c(Cl)c1. The van der Waals surface area contributed by atoms with E-state index < -0.39 is 0 Å². The molecule has 4 rings (SSSR count). The molecule has 4 N–H and O–H groups in total. The first-order chi connectivity index (χ1) is 18.4. The Bertz CT molecular complexity index is 1280. The molecule has 1 aliphatic rings. The van der Waals surface area contributed by atoms with Gasteiger partial charge in [-0.15, -0.1) is 0 Å². The van der Waals surface area contributed by atoms with Crippen molar-refractivity contribution in [2.24, 2.45) is 0 Å². The number of fused-ring (bicyclic) bond motifs is 1. The summed E-state index contributed by atoms with van der Waals surface area (Å²) in [5, 5.41) is 17.5. The summed E-state index contributed by atoms with van der Waals surface area (Å²) in [6.45, 7) is 5.13. The number of hydrogen-bond donors (Lipinski definition) is 4. The number of H-pyrrole nitrogens is 1. The van der Waals surface area contributed by atoms with E-state index in [1.54, 1.807) is 12.1 Å². The Morgan fingerprint density at radius 2 is 1.89 bits per heavy atom. The van der Waals surface area contributed by atoms with Gasteiger partial charge in [-0.25, -0.2) is 0 Å². The number of aromatic hydroxyl groups is 1. The highest BCUT2D eigenvalue weighted by Gasteiger charge is 2.21. The predicted molar refractivity (Wildman–Crippen MR) is 154 cm³/mol. The van der Waals surface area contributed by atoms with Gasteiger partial charge < -0.3 is 25.5 Å². The lowest BCUT2D eigenvalue weighted by Gasteiger charge is -2.34. The van der Waals surface area contributed by atoms with Crippen LogP contribution in [0.4, 0.5) is 0 Å². The standard InChI is InChI=1S/C27H34Cl2N4O4S/c28-21-3-1-18(17-22(21)29)5-11-31-24(35)7-13-33(20-8-15-37-16-9-20)14-12-30-10-6-19-2-4-23(34)25-26(19)38-27(36)32-25/h1-4,17,20,30,34H,5-16H2,(H,31,35)(H,32,36). The molecule has 1 aliphatic heterocycles. The number of rotatable bonds is 13. The Labute approximate surface area is 236 Å². The minimum atomic E-state index is -0.166. The molecule has 11 heteroatoms. The Morgan fingerprint density at radius 3 is 2.68 bits per heavy atom. The first-order valence-electron chi connectivity index (χ1n) is 13.0. The second kappa shape index (κ2) is 14.3. The number of aromatic amines is 1. The van der Waals surface area contributed by atoms with Crippen LogP contribution in [0.3, 0.4) is 0 Å². The van der Waals surface area contributed by atoms with Crippen molar-refractivity contribution in [2.75, 3.05) is 45.9 Å². The Hall–Kier alpha value is -2.14. The summed E-state index contributed by atoms with van der Waals surface area (Å²) in [5.41, 5.74) is 2.58. The number of benzene rings is 2. The summed E-state index contributed by atoms with van der Waals surface area (Å²) in [6.07, 6.45) is 3.83. The van der Waals surface area contributed by atoms with Crippen molar-refractivity contribution in [3.8, 4) is 5.75 Å². The molecule has 0 atom stereocenters. The largest absolute Gasteiger partial charge is 0.506 e. The van der Waals surface area contributed by atoms with Crippen molar-refractivity contribution in [1.82, 2.24) is 20.5 Å². The van der Waals surface area contributed by atoms with E-state index >= 15 is 0 Å². The summed E-state index contributed by atoms with van der Waals surface area (Å²) in [5.74, 6) is 0.137. The van der Waals surface area contributed by atoms with Crippen LogP contribution in [0, 0.1) is 0 Å². The van der Waals surface area contributed by atoms with Gasteiger partial charge in [0.1, 0.15) is 11.3 Å². The molecule has 2 aromatic carbocycles. The van der Waals surface area contributed by atoms with Crippen LogP contribution >= 0.6 is 34.5 Å². The molecule has 1 aromatic heterocycles. The van der Waals surface area contributed by atoms with E-state index in [0.29, 0.717) is 47.5 Å². The minimum Gasteiger partial charge on any atom is -0.506 e. The van der Waals surface area contributed by atoms with Crippen molar-refractivity contribution in [1.29, 1.82) is 0 Å². The Balaban J connectivity index is 1.21. The molecule has 2 heterocycles. The maximum atomic E-state index is 12.5. The average molecular weight is 582 g/mol. The summed E-state index contributed by atoms with van der Waals surface area (Å²) < 4.78 is 6.35. The van der Waals surface area contributed by atoms with Crippen molar-refractivity contribution in [3.05, 3.63) is 61.2 Å². The number of halogens is 2. The number of carbonyl (C=O) groups is 1. The number of nitrogens with one attached hydrogen (secondary N) is 3. The van der Waals surface area contributed by atoms with Gasteiger partial charge in [-0.05, 0) is 61.6 Å². The molecule has 206 valence electrons. The third-order valence-electron chi connectivity index (χ3n) is 6.84. The van der Waals surface area contributed by atoms with E-state index in [0.717, 1.165) is 79.3 Å². The maximum absolute atomic E-state index is 12.5. The smallest absolute Gasteiger partial charge is 0.305 e. The number of ether oxygens (including phenoxy) is 1. The van der Waals surface area contributed by atoms with Crippen LogP contribution in [0.5, 0.6) is 5.75 Å². The van der Waals surface area contributed by atoms with Gasteiger partial charge in [0.2, 0.25) is 5.91 Å². The fraction of sp³-hybridized carbons (Fsp3) is 0.481. The summed E-state index contributed by atoms with van der Waals surface area (Å²) in [7, 11) is 0. The van der Waals surface area contributed by atoms with E-state index in [1.807, 2.05) is 18.2 Å². The fourth-order valence-corrected chi connectivity index (χ4v) is 5.96. The van der Waals surface area contributed by atoms with Crippen LogP contribution in [0.2, 0.25) is 10.0 Å². The van der Waals surface area contributed by atoms with Crippen molar-refractivity contribution >= 4 is 50.7 Å². The normalized spacial score (nSPS) is 14.4. The lowest BCUT2D eigenvalue weighted by molar-refractivity contribution is -0.121. The Kier molecular flexibility index (Phi) is 10.9. The monoisotopic (exact) mass is 580 g/mol. The number of carbonyl (C=O) groups excluding carboxylic acids is 1. The zero-order valence-electron chi connectivity index (χ0n) is 21.2. The number of phenolic OH excluding ortho intramolecular Hbond substituents is 1. The van der Waals surface area contributed by atoms with Gasteiger partial charge in [0, 0.05) is 51.9 Å². The van der Waals surface area contributed by atoms with Crippen molar-refractivity contribution < 1.29 is 14.6 Å². The molecule has 0 unspecified atom stereocenters. The summed E-state index contributed by atoms with van der Waals surface area (Å²) >= 11 is 13.2. The van der Waals surface area contributed by atoms with E-state index in [4.69, 9.17) is 27.9 Å². The average Bonchev–Trinajstić information content (AvgIpc) is 3.32. The van der Waals surface area contributed by atoms with Crippen LogP contribution in [-0.2, 0) is 22.4 Å². The molecule has 1 amide bonds. The molecule has 1 fully saturated rings. The lowest BCUT2D eigenvalue weighted by atomic mass is 10.1. The first-order valence-corrected chi connectivity index (χ1v) is 14.5. The third-order valence-corrected chi connectivity index (χ3v) is 8.54. The number of thiazole rings is 1. The molecule has 1 saturated heterocycles. The highest BCUT2D eigenvalue weighted by Crippen LogP contribution is 2.28. The van der Waals surface area contributed by atoms with Crippen LogP contribution in [0.25, 0.3) is 10.2 Å². The summed E-state index contributed by atoms with van der Waals surface area (Å²) in [4.78, 5) is 29.2. The van der Waals surface area contributed by atoms with E-state index in [-0.39, 0.29) is 16.5 Å². The van der Waals surface area contributed by atoms with Gasteiger partial charge in [-0.3, -0.25) is 14.5 Å². The number of hydrogen-bond acceptors (Lipinski definition) is 7. The topological polar surface area (TPSA) is 107 Å². The van der Waals surface area contributed by atoms with Gasteiger partial charge in [-0.2, -0.15) is 0 Å². The fourth-order valence-electron chi connectivity index (χ4n) is 4.74. The van der Waals surface area contributed by atoms with E-state index in [9.17, 15) is 14.7 Å². The molecule has 0 bridgehead atoms. The quantitative estimate of drug-likeness (QED) is 0.228. The van der Waals surface area contributed by atoms with Gasteiger partial charge in [-0.1, -0.05) is 46.7 Å². The number of phenols is 1. The lowest BCUT2D eigenvalue weighted by Crippen LogP contribution is -2.44. The molecule has 0 radical (unpaired) electrons. The highest BCUT2D eigenvalue weighted by molar-refractivity contribution is 7.16. The zero-order valence-corrected chi connectivity index (χ0v) is 23.6. The molecule has 0 spiro atoms. The molecule has 8 nitrogen and oxygen atoms in total. The molecule has 3 aromatic rings. The molecule has 38 heavy (non-hydrogen) atoms. The van der Waals surface area contributed by atoms with Crippen LogP contribution < -0.4 is 15.5 Å². The zero-order chi connectivity index (χ0) is 26.9. The van der Waals surface area contributed by atoms with Gasteiger partial charge in [0.15, 0.2) is 0 Å². The van der Waals surface area contributed by atoms with Crippen LogP contribution in [0.15, 0.2) is 35.1 Å². The van der Waals surface area contributed by atoms with E-state index in [1.165, 1.54) is 0 Å². The van der Waals surface area contributed by atoms with Crippen LogP contribution in [0.1, 0.15) is 30.4 Å². The van der Waals surface area contributed by atoms with Gasteiger partial charge >= 0.3 is 4.87 Å². The second-order valence-electron chi connectivity index (χ2n) is 9.44. The number of amides is 1. The molecule has 0 saturated carbocycles. The highest BCUT2D eigenvalue weighted by atomic mass is 35.5. The second-order valence-corrected chi connectivity index (χ2v) is 11.2. The Morgan fingerprint density at radius 1 is 1.08 bits per heavy atom. The van der Waals surface area contributed by atoms with Gasteiger partial charge in [0.05, 0.1) is 14.7 Å². The minimum absolute atomic E-state index is 0.0388.